The number of fused-ring (bicyclic) bond motifs is 1. The molecule has 0 bridgehead atoms. The molecule has 0 aliphatic rings. The van der Waals surface area contributed by atoms with Gasteiger partial charge in [0.25, 0.3) is 0 Å². The average Bonchev–Trinajstić information content (AvgIpc) is 2.53. The Morgan fingerprint density at radius 1 is 1.05 bits per heavy atom. The molecule has 1 aromatic heterocycles. The summed E-state index contributed by atoms with van der Waals surface area (Å²) in [7, 11) is 0. The van der Waals surface area contributed by atoms with Crippen molar-refractivity contribution in [1.82, 2.24) is 9.97 Å². The minimum absolute atomic E-state index is 0.237. The SMILES string of the molecule is Cc1ccc(OCCNc2nc(Cl)nc3ccccc23)cc1. The van der Waals surface area contributed by atoms with Crippen LogP contribution in [0.5, 0.6) is 5.75 Å². The number of aromatic nitrogens is 2. The number of benzene rings is 2. The van der Waals surface area contributed by atoms with E-state index in [9.17, 15) is 0 Å². The molecule has 1 N–H and O–H groups in total. The maximum Gasteiger partial charge on any atom is 0.224 e. The summed E-state index contributed by atoms with van der Waals surface area (Å²) in [4.78, 5) is 8.45. The standard InChI is InChI=1S/C17H16ClN3O/c1-12-6-8-13(9-7-12)22-11-10-19-16-14-4-2-3-5-15(14)20-17(18)21-16/h2-9H,10-11H2,1H3,(H,19,20,21). The first kappa shape index (κ1) is 14.6. The van der Waals surface area contributed by atoms with Crippen LogP contribution in [0.1, 0.15) is 5.56 Å². The van der Waals surface area contributed by atoms with Gasteiger partial charge in [-0.2, -0.15) is 0 Å². The monoisotopic (exact) mass is 313 g/mol. The molecule has 1 heterocycles. The molecule has 3 rings (SSSR count). The highest BCUT2D eigenvalue weighted by Gasteiger charge is 2.05. The lowest BCUT2D eigenvalue weighted by molar-refractivity contribution is 0.332. The lowest BCUT2D eigenvalue weighted by Crippen LogP contribution is -2.13. The molecule has 22 heavy (non-hydrogen) atoms. The van der Waals surface area contributed by atoms with Gasteiger partial charge in [-0.1, -0.05) is 29.8 Å². The Kier molecular flexibility index (Phi) is 4.39. The van der Waals surface area contributed by atoms with E-state index in [2.05, 4.69) is 22.2 Å². The summed E-state index contributed by atoms with van der Waals surface area (Å²) in [6.45, 7) is 3.22. The highest BCUT2D eigenvalue weighted by molar-refractivity contribution is 6.28. The van der Waals surface area contributed by atoms with Crippen LogP contribution in [0.25, 0.3) is 10.9 Å². The third kappa shape index (κ3) is 3.46. The predicted octanol–water partition coefficient (Wildman–Crippen LogP) is 4.08. The zero-order valence-corrected chi connectivity index (χ0v) is 13.0. The van der Waals surface area contributed by atoms with Crippen molar-refractivity contribution < 1.29 is 4.74 Å². The molecule has 0 aliphatic heterocycles. The van der Waals surface area contributed by atoms with E-state index in [1.54, 1.807) is 0 Å². The first-order chi connectivity index (χ1) is 10.7. The summed E-state index contributed by atoms with van der Waals surface area (Å²) in [6, 6.07) is 15.7. The minimum Gasteiger partial charge on any atom is -0.492 e. The molecule has 0 amide bonds. The van der Waals surface area contributed by atoms with E-state index in [-0.39, 0.29) is 5.28 Å². The van der Waals surface area contributed by atoms with Crippen molar-refractivity contribution in [3.05, 3.63) is 59.4 Å². The molecular formula is C17H16ClN3O. The van der Waals surface area contributed by atoms with Crippen LogP contribution >= 0.6 is 11.6 Å². The van der Waals surface area contributed by atoms with Gasteiger partial charge in [0, 0.05) is 5.39 Å². The number of hydrogen-bond donors (Lipinski definition) is 1. The third-order valence-corrected chi connectivity index (χ3v) is 3.43. The molecule has 0 fully saturated rings. The van der Waals surface area contributed by atoms with Gasteiger partial charge in [-0.05, 0) is 42.8 Å². The number of anilines is 1. The van der Waals surface area contributed by atoms with Gasteiger partial charge in [0.15, 0.2) is 0 Å². The van der Waals surface area contributed by atoms with Crippen LogP contribution in [0.2, 0.25) is 5.28 Å². The van der Waals surface area contributed by atoms with E-state index in [1.165, 1.54) is 5.56 Å². The summed E-state index contributed by atoms with van der Waals surface area (Å²) in [5.74, 6) is 1.58. The van der Waals surface area contributed by atoms with Crippen LogP contribution in [0.3, 0.4) is 0 Å². The fraction of sp³-hybridized carbons (Fsp3) is 0.176. The van der Waals surface area contributed by atoms with Crippen LogP contribution < -0.4 is 10.1 Å². The second kappa shape index (κ2) is 6.62. The van der Waals surface area contributed by atoms with Crippen molar-refractivity contribution in [2.24, 2.45) is 0 Å². The second-order valence-electron chi connectivity index (χ2n) is 4.95. The van der Waals surface area contributed by atoms with Crippen LogP contribution in [0.15, 0.2) is 48.5 Å². The van der Waals surface area contributed by atoms with Gasteiger partial charge in [-0.15, -0.1) is 0 Å². The number of ether oxygens (including phenoxy) is 1. The summed E-state index contributed by atoms with van der Waals surface area (Å²) in [6.07, 6.45) is 0. The Labute approximate surface area is 134 Å². The van der Waals surface area contributed by atoms with Gasteiger partial charge < -0.3 is 10.1 Å². The Balaban J connectivity index is 1.63. The Hall–Kier alpha value is -2.33. The fourth-order valence-electron chi connectivity index (χ4n) is 2.16. The number of hydrogen-bond acceptors (Lipinski definition) is 4. The quantitative estimate of drug-likeness (QED) is 0.569. The molecule has 0 saturated carbocycles. The smallest absolute Gasteiger partial charge is 0.224 e. The lowest BCUT2D eigenvalue weighted by atomic mass is 10.2. The molecule has 0 spiro atoms. The zero-order valence-electron chi connectivity index (χ0n) is 12.2. The van der Waals surface area contributed by atoms with Crippen molar-refractivity contribution in [2.75, 3.05) is 18.5 Å². The van der Waals surface area contributed by atoms with Crippen LogP contribution in [-0.2, 0) is 0 Å². The molecule has 112 valence electrons. The molecule has 4 nitrogen and oxygen atoms in total. The largest absolute Gasteiger partial charge is 0.492 e. The van der Waals surface area contributed by atoms with Crippen molar-refractivity contribution >= 4 is 28.3 Å². The van der Waals surface area contributed by atoms with Gasteiger partial charge in [0.2, 0.25) is 5.28 Å². The summed E-state index contributed by atoms with van der Waals surface area (Å²) in [5.41, 5.74) is 2.04. The van der Waals surface area contributed by atoms with E-state index < -0.39 is 0 Å². The maximum atomic E-state index is 5.95. The number of nitrogens with one attached hydrogen (secondary N) is 1. The number of rotatable bonds is 5. The predicted molar refractivity (Wildman–Crippen MR) is 89.7 cm³/mol. The van der Waals surface area contributed by atoms with E-state index in [0.29, 0.717) is 13.2 Å². The summed E-state index contributed by atoms with van der Waals surface area (Å²) < 4.78 is 5.69. The minimum atomic E-state index is 0.237. The van der Waals surface area contributed by atoms with Gasteiger partial charge in [-0.25, -0.2) is 9.97 Å². The molecule has 0 unspecified atom stereocenters. The van der Waals surface area contributed by atoms with Crippen LogP contribution in [-0.4, -0.2) is 23.1 Å². The Morgan fingerprint density at radius 3 is 2.64 bits per heavy atom. The Bertz CT molecular complexity index is 774. The third-order valence-electron chi connectivity index (χ3n) is 3.26. The van der Waals surface area contributed by atoms with E-state index in [0.717, 1.165) is 22.5 Å². The van der Waals surface area contributed by atoms with E-state index in [4.69, 9.17) is 16.3 Å². The van der Waals surface area contributed by atoms with Gasteiger partial charge >= 0.3 is 0 Å². The number of halogens is 1. The number of aryl methyl sites for hydroxylation is 1. The topological polar surface area (TPSA) is 47.0 Å². The molecule has 0 radical (unpaired) electrons. The normalized spacial score (nSPS) is 10.6. The van der Waals surface area contributed by atoms with Gasteiger partial charge in [0.1, 0.15) is 18.2 Å². The molecule has 2 aromatic carbocycles. The molecule has 3 aromatic rings. The molecule has 0 atom stereocenters. The van der Waals surface area contributed by atoms with Crippen molar-refractivity contribution in [3.63, 3.8) is 0 Å². The summed E-state index contributed by atoms with van der Waals surface area (Å²) >= 11 is 5.95. The maximum absolute atomic E-state index is 5.95. The van der Waals surface area contributed by atoms with E-state index >= 15 is 0 Å². The molecule has 0 aliphatic carbocycles. The molecule has 5 heteroatoms. The molecule has 0 saturated heterocycles. The van der Waals surface area contributed by atoms with Gasteiger partial charge in [0.05, 0.1) is 12.1 Å². The molecular weight excluding hydrogens is 298 g/mol. The van der Waals surface area contributed by atoms with Gasteiger partial charge in [-0.3, -0.25) is 0 Å². The number of nitrogens with zero attached hydrogens (tertiary/aromatic N) is 2. The van der Waals surface area contributed by atoms with E-state index in [1.807, 2.05) is 48.5 Å². The van der Waals surface area contributed by atoms with Crippen molar-refractivity contribution in [2.45, 2.75) is 6.92 Å². The second-order valence-corrected chi connectivity index (χ2v) is 5.28. The van der Waals surface area contributed by atoms with Crippen LogP contribution in [0, 0.1) is 6.92 Å². The number of para-hydroxylation sites is 1. The lowest BCUT2D eigenvalue weighted by Gasteiger charge is -2.10. The van der Waals surface area contributed by atoms with Crippen molar-refractivity contribution in [1.29, 1.82) is 0 Å². The fourth-order valence-corrected chi connectivity index (χ4v) is 2.33. The van der Waals surface area contributed by atoms with Crippen molar-refractivity contribution in [3.8, 4) is 5.75 Å². The zero-order chi connectivity index (χ0) is 15.4. The summed E-state index contributed by atoms with van der Waals surface area (Å²) in [5, 5.41) is 4.43. The highest BCUT2D eigenvalue weighted by atomic mass is 35.5. The Morgan fingerprint density at radius 2 is 1.82 bits per heavy atom. The highest BCUT2D eigenvalue weighted by Crippen LogP contribution is 2.21. The van der Waals surface area contributed by atoms with Crippen LogP contribution in [0.4, 0.5) is 5.82 Å². The first-order valence-corrected chi connectivity index (χ1v) is 7.46. The average molecular weight is 314 g/mol. The first-order valence-electron chi connectivity index (χ1n) is 7.08.